The van der Waals surface area contributed by atoms with Gasteiger partial charge in [0.1, 0.15) is 11.3 Å². The Hall–Kier alpha value is -2.15. The van der Waals surface area contributed by atoms with Gasteiger partial charge in [-0.3, -0.25) is 9.69 Å². The molecule has 146 valence electrons. The van der Waals surface area contributed by atoms with Gasteiger partial charge < -0.3 is 10.1 Å². The molecule has 1 aliphatic carbocycles. The highest BCUT2D eigenvalue weighted by Crippen LogP contribution is 2.31. The molecule has 0 radical (unpaired) electrons. The van der Waals surface area contributed by atoms with E-state index < -0.39 is 0 Å². The van der Waals surface area contributed by atoms with E-state index in [9.17, 15) is 4.79 Å². The summed E-state index contributed by atoms with van der Waals surface area (Å²) in [6.07, 6.45) is 7.71. The molecule has 1 aromatic heterocycles. The number of nitrogens with one attached hydrogen (secondary N) is 1. The molecule has 2 heterocycles. The molecule has 1 amide bonds. The van der Waals surface area contributed by atoms with Crippen molar-refractivity contribution in [1.82, 2.24) is 25.2 Å². The molecule has 1 atom stereocenters. The van der Waals surface area contributed by atoms with E-state index in [1.807, 2.05) is 13.1 Å². The third-order valence-corrected chi connectivity index (χ3v) is 5.86. The van der Waals surface area contributed by atoms with Gasteiger partial charge in [-0.05, 0) is 44.2 Å². The van der Waals surface area contributed by atoms with Crippen molar-refractivity contribution in [2.24, 2.45) is 13.0 Å². The van der Waals surface area contributed by atoms with E-state index in [1.165, 1.54) is 38.6 Å². The Morgan fingerprint density at radius 1 is 1.26 bits per heavy atom. The molecule has 0 bridgehead atoms. The van der Waals surface area contributed by atoms with Crippen LogP contribution in [-0.4, -0.2) is 58.6 Å². The third-order valence-electron chi connectivity index (χ3n) is 5.86. The number of hydrogen-bond acceptors (Lipinski definition) is 5. The van der Waals surface area contributed by atoms with Crippen LogP contribution in [0.1, 0.15) is 48.9 Å². The maximum atomic E-state index is 12.9. The molecule has 0 spiro atoms. The van der Waals surface area contributed by atoms with Crippen LogP contribution in [0.5, 0.6) is 5.75 Å². The van der Waals surface area contributed by atoms with Gasteiger partial charge in [0.15, 0.2) is 0 Å². The lowest BCUT2D eigenvalue weighted by atomic mass is 10.1. The fourth-order valence-electron chi connectivity index (χ4n) is 4.05. The van der Waals surface area contributed by atoms with E-state index in [4.69, 9.17) is 4.74 Å². The average Bonchev–Trinajstić information content (AvgIpc) is 3.46. The van der Waals surface area contributed by atoms with E-state index >= 15 is 0 Å². The van der Waals surface area contributed by atoms with Gasteiger partial charge in [-0.1, -0.05) is 18.1 Å². The monoisotopic (exact) mass is 371 g/mol. The van der Waals surface area contributed by atoms with Crippen LogP contribution >= 0.6 is 0 Å². The Balaban J connectivity index is 1.46. The number of amides is 1. The molecule has 7 heteroatoms. The first-order valence-electron chi connectivity index (χ1n) is 10.1. The van der Waals surface area contributed by atoms with Gasteiger partial charge in [0, 0.05) is 32.2 Å². The summed E-state index contributed by atoms with van der Waals surface area (Å²) in [4.78, 5) is 15.5. The number of carbonyl (C=O) groups is 1. The van der Waals surface area contributed by atoms with Crippen LogP contribution in [0.15, 0.2) is 12.1 Å². The first-order valence-corrected chi connectivity index (χ1v) is 10.1. The minimum absolute atomic E-state index is 0.102. The molecule has 7 nitrogen and oxygen atoms in total. The Labute approximate surface area is 160 Å². The van der Waals surface area contributed by atoms with Crippen LogP contribution in [0.25, 0.3) is 11.0 Å². The molecule has 1 aliphatic heterocycles. The molecule has 1 saturated carbocycles. The van der Waals surface area contributed by atoms with Gasteiger partial charge in [-0.2, -0.15) is 0 Å². The van der Waals surface area contributed by atoms with Crippen LogP contribution in [-0.2, 0) is 7.05 Å². The fraction of sp³-hybridized carbons (Fsp3) is 0.650. The van der Waals surface area contributed by atoms with Crippen molar-refractivity contribution >= 4 is 16.9 Å². The second-order valence-corrected chi connectivity index (χ2v) is 7.91. The fourth-order valence-corrected chi connectivity index (χ4v) is 4.05. The van der Waals surface area contributed by atoms with Crippen molar-refractivity contribution < 1.29 is 9.53 Å². The zero-order valence-corrected chi connectivity index (χ0v) is 16.3. The molecule has 1 saturated heterocycles. The molecular weight excluding hydrogens is 342 g/mol. The number of hydrogen-bond donors (Lipinski definition) is 1. The smallest absolute Gasteiger partial charge is 0.255 e. The molecule has 2 aromatic rings. The largest absolute Gasteiger partial charge is 0.496 e. The van der Waals surface area contributed by atoms with E-state index in [2.05, 4.69) is 20.5 Å². The van der Waals surface area contributed by atoms with Crippen molar-refractivity contribution in [2.45, 2.75) is 44.6 Å². The first kappa shape index (κ1) is 18.2. The Kier molecular flexibility index (Phi) is 5.29. The van der Waals surface area contributed by atoms with E-state index in [0.717, 1.165) is 24.4 Å². The summed E-state index contributed by atoms with van der Waals surface area (Å²) in [6.45, 7) is 3.04. The number of carbonyl (C=O) groups excluding carboxylic acids is 1. The number of benzene rings is 1. The molecule has 1 N–H and O–H groups in total. The summed E-state index contributed by atoms with van der Waals surface area (Å²) in [5.41, 5.74) is 2.07. The van der Waals surface area contributed by atoms with Gasteiger partial charge in [0.25, 0.3) is 5.91 Å². The summed E-state index contributed by atoms with van der Waals surface area (Å²) >= 11 is 0. The summed E-state index contributed by atoms with van der Waals surface area (Å²) in [5, 5.41) is 11.3. The highest BCUT2D eigenvalue weighted by atomic mass is 16.5. The number of aromatic nitrogens is 3. The van der Waals surface area contributed by atoms with Crippen molar-refractivity contribution in [3.05, 3.63) is 17.7 Å². The van der Waals surface area contributed by atoms with Crippen molar-refractivity contribution in [3.63, 3.8) is 0 Å². The highest BCUT2D eigenvalue weighted by molar-refractivity contribution is 6.00. The molecule has 2 fully saturated rings. The molecular formula is C20H29N5O2. The SMILES string of the molecule is COc1cc2c(cc1C(=O)NCC1CCCCCN1CC1CC1)nnn2C. The summed E-state index contributed by atoms with van der Waals surface area (Å²) < 4.78 is 7.13. The quantitative estimate of drug-likeness (QED) is 0.844. The van der Waals surface area contributed by atoms with Gasteiger partial charge in [0.2, 0.25) is 0 Å². The summed E-state index contributed by atoms with van der Waals surface area (Å²) in [6, 6.07) is 4.03. The van der Waals surface area contributed by atoms with Crippen molar-refractivity contribution in [3.8, 4) is 5.75 Å². The van der Waals surface area contributed by atoms with Gasteiger partial charge in [-0.25, -0.2) is 4.68 Å². The lowest BCUT2D eigenvalue weighted by Gasteiger charge is -2.30. The average molecular weight is 371 g/mol. The minimum Gasteiger partial charge on any atom is -0.496 e. The van der Waals surface area contributed by atoms with Gasteiger partial charge >= 0.3 is 0 Å². The number of methoxy groups -OCH3 is 1. The van der Waals surface area contributed by atoms with Crippen LogP contribution in [0, 0.1) is 5.92 Å². The normalized spacial score (nSPS) is 21.2. The molecule has 4 rings (SSSR count). The number of rotatable bonds is 6. The van der Waals surface area contributed by atoms with E-state index in [1.54, 1.807) is 17.9 Å². The van der Waals surface area contributed by atoms with Crippen LogP contribution in [0.3, 0.4) is 0 Å². The minimum atomic E-state index is -0.102. The maximum Gasteiger partial charge on any atom is 0.255 e. The van der Waals surface area contributed by atoms with Crippen LogP contribution < -0.4 is 10.1 Å². The Morgan fingerprint density at radius 3 is 2.89 bits per heavy atom. The van der Waals surface area contributed by atoms with Crippen LogP contribution in [0.2, 0.25) is 0 Å². The van der Waals surface area contributed by atoms with Crippen LogP contribution in [0.4, 0.5) is 0 Å². The number of ether oxygens (including phenoxy) is 1. The van der Waals surface area contributed by atoms with Crippen molar-refractivity contribution in [2.75, 3.05) is 26.7 Å². The molecule has 1 unspecified atom stereocenters. The lowest BCUT2D eigenvalue weighted by molar-refractivity contribution is 0.0928. The van der Waals surface area contributed by atoms with Gasteiger partial charge in [-0.15, -0.1) is 5.10 Å². The second-order valence-electron chi connectivity index (χ2n) is 7.91. The molecule has 1 aromatic carbocycles. The predicted molar refractivity (Wildman–Crippen MR) is 104 cm³/mol. The molecule has 27 heavy (non-hydrogen) atoms. The zero-order valence-electron chi connectivity index (χ0n) is 16.3. The maximum absolute atomic E-state index is 12.9. The Morgan fingerprint density at radius 2 is 2.11 bits per heavy atom. The standard InChI is InChI=1S/C20H29N5O2/c1-24-18-11-19(27-2)16(10-17(18)22-23-24)20(26)21-12-15-6-4-3-5-9-25(15)13-14-7-8-14/h10-11,14-15H,3-9,12-13H2,1-2H3,(H,21,26). The number of likely N-dealkylation sites (tertiary alicyclic amines) is 1. The van der Waals surface area contributed by atoms with E-state index in [-0.39, 0.29) is 5.91 Å². The third kappa shape index (κ3) is 4.08. The first-order chi connectivity index (χ1) is 13.2. The number of fused-ring (bicyclic) bond motifs is 1. The van der Waals surface area contributed by atoms with E-state index in [0.29, 0.717) is 29.4 Å². The predicted octanol–water partition coefficient (Wildman–Crippen LogP) is 2.36. The van der Waals surface area contributed by atoms with Crippen molar-refractivity contribution in [1.29, 1.82) is 0 Å². The highest BCUT2D eigenvalue weighted by Gasteiger charge is 2.29. The number of aryl methyl sites for hydroxylation is 1. The lowest BCUT2D eigenvalue weighted by Crippen LogP contribution is -2.44. The Bertz CT molecular complexity index is 814. The topological polar surface area (TPSA) is 72.3 Å². The second kappa shape index (κ2) is 7.84. The zero-order chi connectivity index (χ0) is 18.8. The molecule has 2 aliphatic rings. The summed E-state index contributed by atoms with van der Waals surface area (Å²) in [5.74, 6) is 1.33. The summed E-state index contributed by atoms with van der Waals surface area (Å²) in [7, 11) is 3.42. The number of nitrogens with zero attached hydrogens (tertiary/aromatic N) is 4. The van der Waals surface area contributed by atoms with Gasteiger partial charge in [0.05, 0.1) is 18.2 Å².